The molecular weight excluding hydrogens is 180 g/mol. The largest absolute Gasteiger partial charge is 0.452 e. The molecule has 0 saturated heterocycles. The molecule has 0 unspecified atom stereocenters. The number of aliphatic hydroxyl groups is 1. The quantitative estimate of drug-likeness (QED) is 0.596. The van der Waals surface area contributed by atoms with Crippen LogP contribution in [0.3, 0.4) is 0 Å². The molecular formula is C11H16O3. The molecule has 1 aliphatic heterocycles. The van der Waals surface area contributed by atoms with Crippen LogP contribution >= 0.6 is 0 Å². The van der Waals surface area contributed by atoms with Crippen molar-refractivity contribution in [1.29, 1.82) is 0 Å². The molecule has 0 spiro atoms. The van der Waals surface area contributed by atoms with E-state index in [4.69, 9.17) is 4.74 Å². The Labute approximate surface area is 83.8 Å². The lowest BCUT2D eigenvalue weighted by molar-refractivity contribution is -0.149. The second-order valence-electron chi connectivity index (χ2n) is 5.16. The van der Waals surface area contributed by atoms with E-state index in [1.54, 1.807) is 6.08 Å². The van der Waals surface area contributed by atoms with Crippen LogP contribution in [-0.2, 0) is 9.53 Å². The molecule has 1 heterocycles. The number of fused-ring (bicyclic) bond motifs is 1. The zero-order valence-electron chi connectivity index (χ0n) is 8.83. The molecule has 2 atom stereocenters. The Balaban J connectivity index is 2.43. The second-order valence-corrected chi connectivity index (χ2v) is 5.16. The Hall–Kier alpha value is -0.830. The number of esters is 1. The Bertz CT molecular complexity index is 316. The lowest BCUT2D eigenvalue weighted by Crippen LogP contribution is -2.44. The van der Waals surface area contributed by atoms with Crippen molar-refractivity contribution in [2.45, 2.75) is 45.3 Å². The summed E-state index contributed by atoms with van der Waals surface area (Å²) in [6.07, 6.45) is 2.43. The standard InChI is InChI=1S/C11H16O3/c1-10(2)5-7(12)6-11(3)8(10)4-9(13)14-11/h4,7,12H,5-6H2,1-3H3/t7-,11-/m0/s1. The topological polar surface area (TPSA) is 46.5 Å². The van der Waals surface area contributed by atoms with E-state index in [1.807, 2.05) is 20.8 Å². The Morgan fingerprint density at radius 2 is 2.07 bits per heavy atom. The van der Waals surface area contributed by atoms with Crippen molar-refractivity contribution < 1.29 is 14.6 Å². The average molecular weight is 196 g/mol. The van der Waals surface area contributed by atoms with E-state index in [1.165, 1.54) is 0 Å². The smallest absolute Gasteiger partial charge is 0.331 e. The van der Waals surface area contributed by atoms with E-state index >= 15 is 0 Å². The second kappa shape index (κ2) is 2.60. The summed E-state index contributed by atoms with van der Waals surface area (Å²) in [5.74, 6) is -0.273. The van der Waals surface area contributed by atoms with Gasteiger partial charge in [-0.05, 0) is 24.3 Å². The lowest BCUT2D eigenvalue weighted by atomic mass is 9.65. The number of carbonyl (C=O) groups excluding carboxylic acids is 1. The van der Waals surface area contributed by atoms with E-state index in [-0.39, 0.29) is 17.5 Å². The number of carbonyl (C=O) groups is 1. The predicted octanol–water partition coefficient (Wildman–Crippen LogP) is 1.41. The highest BCUT2D eigenvalue weighted by molar-refractivity contribution is 5.87. The molecule has 0 radical (unpaired) electrons. The monoisotopic (exact) mass is 196 g/mol. The molecule has 0 aromatic rings. The van der Waals surface area contributed by atoms with Gasteiger partial charge in [-0.15, -0.1) is 0 Å². The van der Waals surface area contributed by atoms with Crippen molar-refractivity contribution in [2.75, 3.05) is 0 Å². The summed E-state index contributed by atoms with van der Waals surface area (Å²) < 4.78 is 5.27. The van der Waals surface area contributed by atoms with Crippen molar-refractivity contribution in [3.8, 4) is 0 Å². The SMILES string of the molecule is CC1(C)C[C@H](O)C[C@]2(C)OC(=O)C=C12. The van der Waals surface area contributed by atoms with E-state index in [0.29, 0.717) is 12.8 Å². The third-order valence-electron chi connectivity index (χ3n) is 3.26. The van der Waals surface area contributed by atoms with E-state index in [0.717, 1.165) is 5.57 Å². The Morgan fingerprint density at radius 1 is 1.43 bits per heavy atom. The zero-order valence-corrected chi connectivity index (χ0v) is 8.83. The Morgan fingerprint density at radius 3 is 2.71 bits per heavy atom. The number of hydrogen-bond acceptors (Lipinski definition) is 3. The minimum Gasteiger partial charge on any atom is -0.452 e. The molecule has 1 aliphatic carbocycles. The van der Waals surface area contributed by atoms with Gasteiger partial charge in [-0.3, -0.25) is 0 Å². The predicted molar refractivity (Wildman–Crippen MR) is 51.6 cm³/mol. The fourth-order valence-electron chi connectivity index (χ4n) is 2.86. The van der Waals surface area contributed by atoms with Crippen molar-refractivity contribution in [2.24, 2.45) is 5.41 Å². The maximum Gasteiger partial charge on any atom is 0.331 e. The first kappa shape index (κ1) is 9.71. The Kier molecular flexibility index (Phi) is 1.80. The molecule has 2 rings (SSSR count). The van der Waals surface area contributed by atoms with Gasteiger partial charge in [-0.1, -0.05) is 13.8 Å². The van der Waals surface area contributed by atoms with Gasteiger partial charge in [0.1, 0.15) is 5.60 Å². The van der Waals surface area contributed by atoms with Gasteiger partial charge in [0, 0.05) is 12.5 Å². The first-order valence-corrected chi connectivity index (χ1v) is 4.97. The van der Waals surface area contributed by atoms with Crippen LogP contribution in [0.25, 0.3) is 0 Å². The summed E-state index contributed by atoms with van der Waals surface area (Å²) in [6, 6.07) is 0. The zero-order chi connectivity index (χ0) is 10.6. The van der Waals surface area contributed by atoms with Gasteiger partial charge in [0.25, 0.3) is 0 Å². The number of ether oxygens (including phenoxy) is 1. The molecule has 1 N–H and O–H groups in total. The van der Waals surface area contributed by atoms with Gasteiger partial charge < -0.3 is 9.84 Å². The summed E-state index contributed by atoms with van der Waals surface area (Å²) in [7, 11) is 0. The van der Waals surface area contributed by atoms with Gasteiger partial charge in [0.2, 0.25) is 0 Å². The number of hydrogen-bond donors (Lipinski definition) is 1. The minimum absolute atomic E-state index is 0.140. The molecule has 3 nitrogen and oxygen atoms in total. The fourth-order valence-corrected chi connectivity index (χ4v) is 2.86. The molecule has 0 amide bonds. The van der Waals surface area contributed by atoms with Crippen LogP contribution in [0.1, 0.15) is 33.6 Å². The molecule has 1 saturated carbocycles. The third kappa shape index (κ3) is 1.27. The van der Waals surface area contributed by atoms with Crippen molar-refractivity contribution >= 4 is 5.97 Å². The van der Waals surface area contributed by atoms with E-state index < -0.39 is 5.60 Å². The molecule has 78 valence electrons. The van der Waals surface area contributed by atoms with Crippen LogP contribution in [0.2, 0.25) is 0 Å². The fraction of sp³-hybridized carbons (Fsp3) is 0.727. The van der Waals surface area contributed by atoms with Gasteiger partial charge in [-0.2, -0.15) is 0 Å². The summed E-state index contributed by atoms with van der Waals surface area (Å²) in [5.41, 5.74) is 0.317. The van der Waals surface area contributed by atoms with Crippen LogP contribution in [0.5, 0.6) is 0 Å². The lowest BCUT2D eigenvalue weighted by Gasteiger charge is -2.43. The average Bonchev–Trinajstić information content (AvgIpc) is 2.22. The van der Waals surface area contributed by atoms with Gasteiger partial charge in [0.05, 0.1) is 6.10 Å². The maximum absolute atomic E-state index is 11.2. The van der Waals surface area contributed by atoms with Crippen molar-refractivity contribution in [3.05, 3.63) is 11.6 Å². The normalized spacial score (nSPS) is 40.1. The van der Waals surface area contributed by atoms with E-state index in [2.05, 4.69) is 0 Å². The molecule has 2 aliphatic rings. The van der Waals surface area contributed by atoms with Crippen LogP contribution in [0.4, 0.5) is 0 Å². The highest BCUT2D eigenvalue weighted by atomic mass is 16.6. The number of rotatable bonds is 0. The van der Waals surface area contributed by atoms with Gasteiger partial charge >= 0.3 is 5.97 Å². The van der Waals surface area contributed by atoms with Gasteiger partial charge in [0.15, 0.2) is 0 Å². The summed E-state index contributed by atoms with van der Waals surface area (Å²) in [4.78, 5) is 11.2. The molecule has 1 fully saturated rings. The van der Waals surface area contributed by atoms with Crippen LogP contribution in [0, 0.1) is 5.41 Å². The van der Waals surface area contributed by atoms with Crippen molar-refractivity contribution in [3.63, 3.8) is 0 Å². The summed E-state index contributed by atoms with van der Waals surface area (Å²) in [5, 5.41) is 9.72. The summed E-state index contributed by atoms with van der Waals surface area (Å²) in [6.45, 7) is 5.97. The molecule has 0 bridgehead atoms. The van der Waals surface area contributed by atoms with E-state index in [9.17, 15) is 9.90 Å². The molecule has 14 heavy (non-hydrogen) atoms. The highest BCUT2D eigenvalue weighted by Crippen LogP contribution is 2.49. The molecule has 0 aromatic heterocycles. The minimum atomic E-state index is -0.571. The van der Waals surface area contributed by atoms with Crippen LogP contribution < -0.4 is 0 Å². The first-order chi connectivity index (χ1) is 6.33. The number of aliphatic hydroxyl groups excluding tert-OH is 1. The molecule has 0 aromatic carbocycles. The van der Waals surface area contributed by atoms with Crippen LogP contribution in [-0.4, -0.2) is 22.8 Å². The summed E-state index contributed by atoms with van der Waals surface area (Å²) >= 11 is 0. The first-order valence-electron chi connectivity index (χ1n) is 4.97. The van der Waals surface area contributed by atoms with Crippen molar-refractivity contribution in [1.82, 2.24) is 0 Å². The van der Waals surface area contributed by atoms with Crippen LogP contribution in [0.15, 0.2) is 11.6 Å². The van der Waals surface area contributed by atoms with Gasteiger partial charge in [-0.25, -0.2) is 4.79 Å². The maximum atomic E-state index is 11.2. The highest BCUT2D eigenvalue weighted by Gasteiger charge is 2.50. The molecule has 3 heteroatoms. The third-order valence-corrected chi connectivity index (χ3v) is 3.26.